The molecule has 6 aromatic rings. The molecule has 0 N–H and O–H groups in total. The van der Waals surface area contributed by atoms with Crippen molar-refractivity contribution < 1.29 is 4.58 Å². The Bertz CT molecular complexity index is 1910. The topological polar surface area (TPSA) is 6.25 Å². The minimum Gasteiger partial charge on any atom is -0.261 e. The summed E-state index contributed by atoms with van der Waals surface area (Å²) in [5.41, 5.74) is 3.11. The third kappa shape index (κ3) is 3.59. The summed E-state index contributed by atoms with van der Waals surface area (Å²) >= 11 is 0. The first-order valence-corrected chi connectivity index (χ1v) is 15.1. The van der Waals surface area contributed by atoms with Crippen LogP contribution in [0.1, 0.15) is 44.7 Å². The van der Waals surface area contributed by atoms with E-state index < -0.39 is 0 Å². The van der Waals surface area contributed by atoms with E-state index in [1.165, 1.54) is 67.1 Å². The van der Waals surface area contributed by atoms with E-state index in [-0.39, 0.29) is 11.0 Å². The van der Waals surface area contributed by atoms with Gasteiger partial charge in [0.15, 0.2) is 0 Å². The van der Waals surface area contributed by atoms with Crippen LogP contribution >= 0.6 is 0 Å². The molecule has 0 spiro atoms. The number of fused-ring (bicyclic) bond motifs is 6. The van der Waals surface area contributed by atoms with Gasteiger partial charge in [-0.1, -0.05) is 111 Å². The summed E-state index contributed by atoms with van der Waals surface area (Å²) in [5, 5.41) is 10.8. The first kappa shape index (κ1) is 24.6. The molecule has 1 aliphatic heterocycles. The maximum atomic E-state index is 2.71. The van der Waals surface area contributed by atoms with Crippen LogP contribution in [0, 0.1) is 5.41 Å². The Balaban J connectivity index is 1.31. The number of hydrogen-bond donors (Lipinski definition) is 0. The van der Waals surface area contributed by atoms with Crippen molar-refractivity contribution in [3.05, 3.63) is 120 Å². The molecule has 202 valence electrons. The van der Waals surface area contributed by atoms with Crippen molar-refractivity contribution in [3.63, 3.8) is 0 Å². The molecule has 1 heterocycles. The van der Waals surface area contributed by atoms with Crippen LogP contribution in [0.15, 0.2) is 109 Å². The van der Waals surface area contributed by atoms with Gasteiger partial charge in [0, 0.05) is 16.5 Å². The van der Waals surface area contributed by atoms with Gasteiger partial charge < -0.3 is 0 Å². The third-order valence-corrected chi connectivity index (χ3v) is 10.9. The maximum Gasteiger partial charge on any atom is 0.235 e. The molecule has 2 nitrogen and oxygen atoms in total. The molecular formula is C39H37N2+. The molecule has 0 saturated heterocycles. The van der Waals surface area contributed by atoms with Crippen LogP contribution in [0.2, 0.25) is 0 Å². The number of rotatable bonds is 4. The second-order valence-corrected chi connectivity index (χ2v) is 13.1. The van der Waals surface area contributed by atoms with E-state index in [1.54, 1.807) is 0 Å². The van der Waals surface area contributed by atoms with Crippen LogP contribution in [0.3, 0.4) is 0 Å². The second-order valence-electron chi connectivity index (χ2n) is 13.1. The summed E-state index contributed by atoms with van der Waals surface area (Å²) in [4.78, 5) is 2.71. The van der Waals surface area contributed by atoms with Crippen LogP contribution in [0.4, 0.5) is 0 Å². The Kier molecular flexibility index (Phi) is 5.35. The maximum absolute atomic E-state index is 2.71. The Morgan fingerprint density at radius 1 is 0.634 bits per heavy atom. The molecule has 2 aliphatic rings. The Labute approximate surface area is 242 Å². The smallest absolute Gasteiger partial charge is 0.235 e. The lowest BCUT2D eigenvalue weighted by Crippen LogP contribution is -2.61. The van der Waals surface area contributed by atoms with Crippen molar-refractivity contribution in [3.8, 4) is 0 Å². The highest BCUT2D eigenvalue weighted by atomic mass is 15.3. The van der Waals surface area contributed by atoms with E-state index in [1.807, 2.05) is 0 Å². The number of benzene rings is 6. The highest BCUT2D eigenvalue weighted by molar-refractivity contribution is 6.03. The van der Waals surface area contributed by atoms with Crippen LogP contribution in [0.5, 0.6) is 0 Å². The fourth-order valence-electron chi connectivity index (χ4n) is 8.22. The largest absolute Gasteiger partial charge is 0.261 e. The molecule has 8 rings (SSSR count). The summed E-state index contributed by atoms with van der Waals surface area (Å²) in [6, 6.07) is 40.9. The van der Waals surface area contributed by atoms with E-state index in [4.69, 9.17) is 0 Å². The molecule has 2 atom stereocenters. The van der Waals surface area contributed by atoms with Gasteiger partial charge in [-0.25, -0.2) is 0 Å². The standard InChI is InChI=1S/C39H37N2/c1-38(2)37-20-21-39(38,3)41(25-36-33-18-10-6-14-29(33)23-30-15-7-11-19-34(30)36)26-40(37)24-35-31-16-8-4-12-27(31)22-28-13-5-9-17-32(28)35/h4-19,22-23,26,37H,20-21,24-25H2,1-3H3/q+1/t37-,39+/m0/s1. The van der Waals surface area contributed by atoms with Gasteiger partial charge in [-0.15, -0.1) is 0 Å². The van der Waals surface area contributed by atoms with Gasteiger partial charge in [0.2, 0.25) is 6.34 Å². The summed E-state index contributed by atoms with van der Waals surface area (Å²) < 4.78 is 2.69. The summed E-state index contributed by atoms with van der Waals surface area (Å²) in [5.74, 6) is 0. The minimum atomic E-state index is 0.0903. The highest BCUT2D eigenvalue weighted by Crippen LogP contribution is 2.53. The zero-order chi connectivity index (χ0) is 27.8. The third-order valence-electron chi connectivity index (χ3n) is 10.9. The monoisotopic (exact) mass is 533 g/mol. The summed E-state index contributed by atoms with van der Waals surface area (Å²) in [6.07, 6.45) is 4.93. The molecule has 0 radical (unpaired) electrons. The van der Waals surface area contributed by atoms with Crippen LogP contribution in [-0.2, 0) is 13.1 Å². The molecule has 0 aromatic heterocycles. The van der Waals surface area contributed by atoms with Gasteiger partial charge in [-0.3, -0.25) is 9.48 Å². The Hall–Kier alpha value is -4.17. The molecule has 2 heteroatoms. The fraction of sp³-hybridized carbons (Fsp3) is 0.256. The molecule has 1 aliphatic carbocycles. The van der Waals surface area contributed by atoms with Crippen molar-refractivity contribution in [2.75, 3.05) is 0 Å². The normalized spacial score (nSPS) is 21.7. The lowest BCUT2D eigenvalue weighted by molar-refractivity contribution is -0.601. The Morgan fingerprint density at radius 2 is 1.07 bits per heavy atom. The average Bonchev–Trinajstić information content (AvgIpc) is 3.13. The highest BCUT2D eigenvalue weighted by Gasteiger charge is 2.63. The van der Waals surface area contributed by atoms with Crippen molar-refractivity contribution in [1.29, 1.82) is 0 Å². The molecule has 41 heavy (non-hydrogen) atoms. The average molecular weight is 534 g/mol. The molecule has 1 saturated carbocycles. The van der Waals surface area contributed by atoms with E-state index in [0.29, 0.717) is 6.04 Å². The van der Waals surface area contributed by atoms with Gasteiger partial charge >= 0.3 is 0 Å². The summed E-state index contributed by atoms with van der Waals surface area (Å²) in [7, 11) is 0. The predicted octanol–water partition coefficient (Wildman–Crippen LogP) is 9.30. The molecule has 6 aromatic carbocycles. The molecule has 1 fully saturated rings. The summed E-state index contributed by atoms with van der Waals surface area (Å²) in [6.45, 7) is 9.36. The lowest BCUT2D eigenvalue weighted by Gasteiger charge is -2.47. The van der Waals surface area contributed by atoms with E-state index in [9.17, 15) is 0 Å². The van der Waals surface area contributed by atoms with Crippen LogP contribution < -0.4 is 0 Å². The van der Waals surface area contributed by atoms with E-state index in [0.717, 1.165) is 13.1 Å². The van der Waals surface area contributed by atoms with E-state index >= 15 is 0 Å². The van der Waals surface area contributed by atoms with Gasteiger partial charge in [0.1, 0.15) is 24.7 Å². The zero-order valence-corrected chi connectivity index (χ0v) is 24.3. The van der Waals surface area contributed by atoms with Gasteiger partial charge in [0.05, 0.1) is 0 Å². The molecule has 2 bridgehead atoms. The molecular weight excluding hydrogens is 496 g/mol. The zero-order valence-electron chi connectivity index (χ0n) is 24.3. The minimum absolute atomic E-state index is 0.0903. The van der Waals surface area contributed by atoms with Crippen molar-refractivity contribution >= 4 is 49.4 Å². The van der Waals surface area contributed by atoms with Gasteiger partial charge in [0.25, 0.3) is 0 Å². The molecule has 0 amide bonds. The van der Waals surface area contributed by atoms with Gasteiger partial charge in [-0.2, -0.15) is 0 Å². The quantitative estimate of drug-likeness (QED) is 0.162. The Morgan fingerprint density at radius 3 is 1.56 bits per heavy atom. The lowest BCUT2D eigenvalue weighted by atomic mass is 9.71. The second kappa shape index (κ2) is 8.91. The molecule has 0 unspecified atom stereocenters. The van der Waals surface area contributed by atoms with Crippen LogP contribution in [-0.4, -0.2) is 27.4 Å². The first-order valence-electron chi connectivity index (χ1n) is 15.1. The van der Waals surface area contributed by atoms with Crippen molar-refractivity contribution in [2.45, 2.75) is 58.3 Å². The van der Waals surface area contributed by atoms with Crippen molar-refractivity contribution in [1.82, 2.24) is 4.90 Å². The van der Waals surface area contributed by atoms with Crippen LogP contribution in [0.25, 0.3) is 43.1 Å². The number of hydrogen-bond acceptors (Lipinski definition) is 1. The SMILES string of the molecule is CC1(C)[C@@H]2CC[C@@]1(C)N(Cc1c3ccccc3cc3ccccc13)C=[N+]2Cc1c2ccccc2cc2ccccc12. The number of nitrogens with zero attached hydrogens (tertiary/aromatic N) is 2. The fourth-order valence-corrected chi connectivity index (χ4v) is 8.22. The first-order chi connectivity index (χ1) is 19.9. The van der Waals surface area contributed by atoms with Gasteiger partial charge in [-0.05, 0) is 75.0 Å². The predicted molar refractivity (Wildman–Crippen MR) is 174 cm³/mol. The van der Waals surface area contributed by atoms with Crippen molar-refractivity contribution in [2.24, 2.45) is 5.41 Å². The van der Waals surface area contributed by atoms with E-state index in [2.05, 4.69) is 146 Å².